The van der Waals surface area contributed by atoms with Crippen molar-refractivity contribution in [2.45, 2.75) is 0 Å². The van der Waals surface area contributed by atoms with E-state index in [1.807, 2.05) is 33.1 Å². The number of fused-ring (bicyclic) bond motifs is 1. The first kappa shape index (κ1) is 12.1. The smallest absolute Gasteiger partial charge is 0.227 e. The van der Waals surface area contributed by atoms with Gasteiger partial charge in [-0.3, -0.25) is 0 Å². The largest absolute Gasteiger partial charge is 0.382 e. The van der Waals surface area contributed by atoms with E-state index in [2.05, 4.69) is 19.9 Å². The predicted octanol–water partition coefficient (Wildman–Crippen LogP) is -0.284. The lowest BCUT2D eigenvalue weighted by molar-refractivity contribution is 0.980. The molecule has 2 aromatic heterocycles. The van der Waals surface area contributed by atoms with Crippen LogP contribution in [0.5, 0.6) is 0 Å². The first-order chi connectivity index (χ1) is 8.40. The number of nitrogens with zero attached hydrogens (tertiary/aromatic N) is 6. The zero-order valence-electron chi connectivity index (χ0n) is 10.8. The fraction of sp³-hybridized carbons (Fsp3) is 0.400. The van der Waals surface area contributed by atoms with Crippen LogP contribution in [0, 0.1) is 0 Å². The zero-order valence-corrected chi connectivity index (χ0v) is 10.8. The van der Waals surface area contributed by atoms with Gasteiger partial charge in [0.15, 0.2) is 11.6 Å². The van der Waals surface area contributed by atoms with Gasteiger partial charge < -0.3 is 21.3 Å². The molecule has 0 saturated carbocycles. The quantitative estimate of drug-likeness (QED) is 0.746. The molecule has 0 aliphatic carbocycles. The van der Waals surface area contributed by atoms with Crippen molar-refractivity contribution in [3.63, 3.8) is 0 Å². The summed E-state index contributed by atoms with van der Waals surface area (Å²) < 4.78 is 0. The zero-order chi connectivity index (χ0) is 13.4. The Morgan fingerprint density at radius 1 is 0.778 bits per heavy atom. The van der Waals surface area contributed by atoms with Crippen LogP contribution in [0.25, 0.3) is 11.0 Å². The second-order valence-electron chi connectivity index (χ2n) is 4.30. The van der Waals surface area contributed by atoms with Gasteiger partial charge >= 0.3 is 0 Å². The molecule has 0 unspecified atom stereocenters. The molecule has 2 rings (SSSR count). The highest BCUT2D eigenvalue weighted by Crippen LogP contribution is 2.26. The topological polar surface area (TPSA) is 110 Å². The van der Waals surface area contributed by atoms with Crippen LogP contribution >= 0.6 is 0 Å². The lowest BCUT2D eigenvalue weighted by Crippen LogP contribution is -2.18. The Balaban J connectivity index is 2.85. The minimum Gasteiger partial charge on any atom is -0.382 e. The molecule has 8 heteroatoms. The first-order valence-corrected chi connectivity index (χ1v) is 5.35. The average Bonchev–Trinajstić information content (AvgIpc) is 2.27. The Kier molecular flexibility index (Phi) is 2.77. The third kappa shape index (κ3) is 1.92. The average molecular weight is 248 g/mol. The second-order valence-corrected chi connectivity index (χ2v) is 4.30. The highest BCUT2D eigenvalue weighted by atomic mass is 15.3. The van der Waals surface area contributed by atoms with Crippen molar-refractivity contribution in [3.05, 3.63) is 0 Å². The summed E-state index contributed by atoms with van der Waals surface area (Å²) >= 11 is 0. The van der Waals surface area contributed by atoms with Gasteiger partial charge in [-0.1, -0.05) is 0 Å². The number of nitrogens with two attached hydrogens (primary N) is 2. The van der Waals surface area contributed by atoms with Crippen LogP contribution in [0.15, 0.2) is 0 Å². The summed E-state index contributed by atoms with van der Waals surface area (Å²) in [7, 11) is 7.45. The molecule has 0 amide bonds. The number of aromatic nitrogens is 4. The maximum absolute atomic E-state index is 5.84. The van der Waals surface area contributed by atoms with Crippen LogP contribution in [-0.4, -0.2) is 48.1 Å². The van der Waals surface area contributed by atoms with E-state index in [9.17, 15) is 0 Å². The molecule has 8 nitrogen and oxygen atoms in total. The van der Waals surface area contributed by atoms with Gasteiger partial charge in [0, 0.05) is 28.2 Å². The Hall–Kier alpha value is -2.38. The van der Waals surface area contributed by atoms with Crippen molar-refractivity contribution in [3.8, 4) is 0 Å². The van der Waals surface area contributed by atoms with E-state index in [0.717, 1.165) is 0 Å². The van der Waals surface area contributed by atoms with E-state index in [1.54, 1.807) is 4.90 Å². The van der Waals surface area contributed by atoms with Gasteiger partial charge in [-0.25, -0.2) is 9.97 Å². The van der Waals surface area contributed by atoms with Crippen LogP contribution in [0.1, 0.15) is 0 Å². The summed E-state index contributed by atoms with van der Waals surface area (Å²) in [5, 5.41) is 0. The SMILES string of the molecule is CN(C)c1nc(N(C)C)c2nc(N)nc(N)c2n1. The second kappa shape index (κ2) is 4.13. The molecule has 0 bridgehead atoms. The molecule has 0 fully saturated rings. The lowest BCUT2D eigenvalue weighted by atomic mass is 10.3. The standard InChI is InChI=1S/C10H16N8/c1-17(2)8-6-5(7(11)15-9(12)13-6)14-10(16-8)18(3)4/h1-4H3,(H4,11,12,13,15). The molecule has 2 heterocycles. The molecule has 0 aliphatic heterocycles. The van der Waals surface area contributed by atoms with Gasteiger partial charge in [0.05, 0.1) is 0 Å². The summed E-state index contributed by atoms with van der Waals surface area (Å²) in [4.78, 5) is 20.5. The monoisotopic (exact) mass is 248 g/mol. The highest BCUT2D eigenvalue weighted by Gasteiger charge is 2.15. The van der Waals surface area contributed by atoms with Gasteiger partial charge in [-0.05, 0) is 0 Å². The lowest BCUT2D eigenvalue weighted by Gasteiger charge is -2.17. The normalized spacial score (nSPS) is 10.7. The van der Waals surface area contributed by atoms with Crippen molar-refractivity contribution < 1.29 is 0 Å². The Labute approximate surface area is 105 Å². The van der Waals surface area contributed by atoms with E-state index in [0.29, 0.717) is 22.8 Å². The summed E-state index contributed by atoms with van der Waals surface area (Å²) in [5.41, 5.74) is 12.5. The Bertz CT molecular complexity index is 592. The van der Waals surface area contributed by atoms with E-state index < -0.39 is 0 Å². The van der Waals surface area contributed by atoms with Gasteiger partial charge in [-0.15, -0.1) is 0 Å². The van der Waals surface area contributed by atoms with Gasteiger partial charge in [0.1, 0.15) is 11.0 Å². The fourth-order valence-corrected chi connectivity index (χ4v) is 1.54. The van der Waals surface area contributed by atoms with Crippen LogP contribution < -0.4 is 21.3 Å². The molecule has 96 valence electrons. The highest BCUT2D eigenvalue weighted by molar-refractivity contribution is 5.93. The third-order valence-corrected chi connectivity index (χ3v) is 2.38. The summed E-state index contributed by atoms with van der Waals surface area (Å²) in [6.45, 7) is 0. The van der Waals surface area contributed by atoms with Crippen molar-refractivity contribution in [1.29, 1.82) is 0 Å². The molecule has 0 atom stereocenters. The summed E-state index contributed by atoms with van der Waals surface area (Å²) in [6.07, 6.45) is 0. The number of hydrogen-bond donors (Lipinski definition) is 2. The fourth-order valence-electron chi connectivity index (χ4n) is 1.54. The van der Waals surface area contributed by atoms with Crippen LogP contribution in [-0.2, 0) is 0 Å². The summed E-state index contributed by atoms with van der Waals surface area (Å²) in [6, 6.07) is 0. The molecule has 2 aromatic rings. The van der Waals surface area contributed by atoms with Crippen LogP contribution in [0.2, 0.25) is 0 Å². The van der Waals surface area contributed by atoms with E-state index in [4.69, 9.17) is 11.5 Å². The molecular formula is C10H16N8. The van der Waals surface area contributed by atoms with Gasteiger partial charge in [0.25, 0.3) is 0 Å². The van der Waals surface area contributed by atoms with Crippen molar-refractivity contribution in [2.24, 2.45) is 0 Å². The number of nitrogen functional groups attached to an aromatic ring is 2. The molecule has 0 radical (unpaired) electrons. The van der Waals surface area contributed by atoms with Gasteiger partial charge in [0.2, 0.25) is 11.9 Å². The van der Waals surface area contributed by atoms with E-state index in [-0.39, 0.29) is 11.8 Å². The van der Waals surface area contributed by atoms with Gasteiger partial charge in [-0.2, -0.15) is 9.97 Å². The molecule has 18 heavy (non-hydrogen) atoms. The number of hydrogen-bond acceptors (Lipinski definition) is 8. The predicted molar refractivity (Wildman–Crippen MR) is 72.6 cm³/mol. The minimum absolute atomic E-state index is 0.115. The van der Waals surface area contributed by atoms with E-state index in [1.165, 1.54) is 0 Å². The molecule has 0 aromatic carbocycles. The minimum atomic E-state index is 0.115. The maximum Gasteiger partial charge on any atom is 0.227 e. The number of rotatable bonds is 2. The molecule has 0 spiro atoms. The Morgan fingerprint density at radius 2 is 1.44 bits per heavy atom. The van der Waals surface area contributed by atoms with E-state index >= 15 is 0 Å². The molecule has 4 N–H and O–H groups in total. The maximum atomic E-state index is 5.84. The first-order valence-electron chi connectivity index (χ1n) is 5.35. The third-order valence-electron chi connectivity index (χ3n) is 2.38. The van der Waals surface area contributed by atoms with Crippen molar-refractivity contribution in [2.75, 3.05) is 49.5 Å². The molecular weight excluding hydrogens is 232 g/mol. The van der Waals surface area contributed by atoms with Crippen LogP contribution in [0.3, 0.4) is 0 Å². The molecule has 0 aliphatic rings. The Morgan fingerprint density at radius 3 is 2.00 bits per heavy atom. The number of anilines is 4. The van der Waals surface area contributed by atoms with Crippen molar-refractivity contribution in [1.82, 2.24) is 19.9 Å². The molecule has 0 saturated heterocycles. The summed E-state index contributed by atoms with van der Waals surface area (Å²) in [5.74, 6) is 1.58. The van der Waals surface area contributed by atoms with Crippen LogP contribution in [0.4, 0.5) is 23.5 Å². The van der Waals surface area contributed by atoms with Crippen molar-refractivity contribution >= 4 is 34.6 Å².